The van der Waals surface area contributed by atoms with E-state index in [0.717, 1.165) is 21.3 Å². The summed E-state index contributed by atoms with van der Waals surface area (Å²) in [4.78, 5) is 40.9. The Morgan fingerprint density at radius 2 is 1.97 bits per heavy atom. The quantitative estimate of drug-likeness (QED) is 0.553. The highest BCUT2D eigenvalue weighted by Gasteiger charge is 2.16. The summed E-state index contributed by atoms with van der Waals surface area (Å²) in [6.45, 7) is 1.42. The Balaban J connectivity index is 2.00. The molecule has 158 valence electrons. The van der Waals surface area contributed by atoms with Crippen LogP contribution in [-0.2, 0) is 24.9 Å². The Bertz CT molecular complexity index is 1240. The molecular weight excluding hydrogens is 400 g/mol. The molecule has 3 N–H and O–H groups in total. The summed E-state index contributed by atoms with van der Waals surface area (Å²) in [6, 6.07) is 2.87. The monoisotopic (exact) mass is 419 g/mol. The van der Waals surface area contributed by atoms with Crippen LogP contribution in [0.5, 0.6) is 0 Å². The molecule has 0 aliphatic carbocycles. The van der Waals surface area contributed by atoms with Crippen molar-refractivity contribution in [2.24, 2.45) is 12.8 Å². The lowest BCUT2D eigenvalue weighted by molar-refractivity contribution is -0.121. The Labute approximate surface area is 168 Å². The normalized spacial score (nSPS) is 12.2. The Hall–Kier alpha value is -3.54. The van der Waals surface area contributed by atoms with Crippen molar-refractivity contribution in [3.05, 3.63) is 62.1 Å². The summed E-state index contributed by atoms with van der Waals surface area (Å²) in [5.41, 5.74) is 4.17. The van der Waals surface area contributed by atoms with Crippen LogP contribution in [0.1, 0.15) is 24.7 Å². The Kier molecular flexibility index (Phi) is 5.96. The first-order valence-electron chi connectivity index (χ1n) is 8.96. The van der Waals surface area contributed by atoms with Crippen LogP contribution in [0.2, 0.25) is 0 Å². The SMILES string of the molecule is CC(N)CC(=O)NCc1nnc2c(n1)c(=O)n(C)c(=O)n2Cc1ccc(F)c(F)c1. The second kappa shape index (κ2) is 8.45. The summed E-state index contributed by atoms with van der Waals surface area (Å²) in [5, 5.41) is 10.3. The van der Waals surface area contributed by atoms with E-state index in [-0.39, 0.29) is 54.0 Å². The molecule has 12 heteroatoms. The van der Waals surface area contributed by atoms with Crippen molar-refractivity contribution in [2.75, 3.05) is 0 Å². The van der Waals surface area contributed by atoms with Crippen LogP contribution < -0.4 is 22.3 Å². The van der Waals surface area contributed by atoms with Crippen molar-refractivity contribution < 1.29 is 13.6 Å². The predicted molar refractivity (Wildman–Crippen MR) is 102 cm³/mol. The number of nitrogens with one attached hydrogen (secondary N) is 1. The van der Waals surface area contributed by atoms with Crippen LogP contribution in [-0.4, -0.2) is 36.3 Å². The van der Waals surface area contributed by atoms with Gasteiger partial charge < -0.3 is 11.1 Å². The van der Waals surface area contributed by atoms with Crippen LogP contribution in [0, 0.1) is 11.6 Å². The molecule has 1 aromatic carbocycles. The van der Waals surface area contributed by atoms with Gasteiger partial charge in [0.15, 0.2) is 28.6 Å². The first-order valence-corrected chi connectivity index (χ1v) is 8.96. The number of carbonyl (C=O) groups excluding carboxylic acids is 1. The Morgan fingerprint density at radius 1 is 1.23 bits per heavy atom. The molecule has 0 aliphatic rings. The standard InChI is InChI=1S/C18H19F2N7O3/c1-9(21)5-14(28)22-7-13-23-15-16(25-24-13)27(18(30)26(2)17(15)29)8-10-3-4-11(19)12(20)6-10/h3-4,6,9H,5,7-8,21H2,1-2H3,(H,22,28). The highest BCUT2D eigenvalue weighted by atomic mass is 19.2. The highest BCUT2D eigenvalue weighted by molar-refractivity contribution is 5.76. The number of rotatable bonds is 6. The molecule has 10 nitrogen and oxygen atoms in total. The molecule has 0 saturated carbocycles. The van der Waals surface area contributed by atoms with Crippen LogP contribution >= 0.6 is 0 Å². The van der Waals surface area contributed by atoms with Crippen molar-refractivity contribution in [1.82, 2.24) is 29.6 Å². The van der Waals surface area contributed by atoms with E-state index in [1.165, 1.54) is 13.1 Å². The molecule has 0 aliphatic heterocycles. The van der Waals surface area contributed by atoms with Gasteiger partial charge >= 0.3 is 5.69 Å². The maximum atomic E-state index is 13.5. The second-order valence-corrected chi connectivity index (χ2v) is 6.84. The molecular formula is C18H19F2N7O3. The van der Waals surface area contributed by atoms with Crippen LogP contribution in [0.15, 0.2) is 27.8 Å². The van der Waals surface area contributed by atoms with Crippen molar-refractivity contribution in [3.8, 4) is 0 Å². The van der Waals surface area contributed by atoms with Gasteiger partial charge in [0, 0.05) is 19.5 Å². The van der Waals surface area contributed by atoms with Crippen LogP contribution in [0.3, 0.4) is 0 Å². The summed E-state index contributed by atoms with van der Waals surface area (Å²) in [5.74, 6) is -2.34. The number of fused-ring (bicyclic) bond motifs is 1. The predicted octanol–water partition coefficient (Wildman–Crippen LogP) is -0.435. The number of nitrogens with zero attached hydrogens (tertiary/aromatic N) is 5. The van der Waals surface area contributed by atoms with Crippen molar-refractivity contribution in [2.45, 2.75) is 32.5 Å². The van der Waals surface area contributed by atoms with Crippen LogP contribution in [0.4, 0.5) is 8.78 Å². The Morgan fingerprint density at radius 3 is 2.63 bits per heavy atom. The molecule has 0 radical (unpaired) electrons. The molecule has 2 heterocycles. The number of aromatic nitrogens is 5. The average Bonchev–Trinajstić information content (AvgIpc) is 2.70. The average molecular weight is 419 g/mol. The first kappa shape index (κ1) is 21.2. The molecule has 1 atom stereocenters. The van der Waals surface area contributed by atoms with E-state index in [1.54, 1.807) is 6.92 Å². The number of benzene rings is 1. The van der Waals surface area contributed by atoms with Crippen molar-refractivity contribution in [1.29, 1.82) is 0 Å². The molecule has 0 spiro atoms. The number of hydrogen-bond acceptors (Lipinski definition) is 7. The molecule has 30 heavy (non-hydrogen) atoms. The number of halogens is 2. The lowest BCUT2D eigenvalue weighted by atomic mass is 10.2. The fourth-order valence-corrected chi connectivity index (χ4v) is 2.78. The van der Waals surface area contributed by atoms with Gasteiger partial charge in [-0.05, 0) is 24.6 Å². The van der Waals surface area contributed by atoms with Gasteiger partial charge in [0.25, 0.3) is 5.56 Å². The van der Waals surface area contributed by atoms with Crippen molar-refractivity contribution in [3.63, 3.8) is 0 Å². The van der Waals surface area contributed by atoms with E-state index in [1.807, 2.05) is 0 Å². The zero-order valence-electron chi connectivity index (χ0n) is 16.2. The zero-order valence-corrected chi connectivity index (χ0v) is 16.2. The molecule has 0 saturated heterocycles. The van der Waals surface area contributed by atoms with Crippen LogP contribution in [0.25, 0.3) is 11.2 Å². The molecule has 0 bridgehead atoms. The van der Waals surface area contributed by atoms with Gasteiger partial charge in [-0.3, -0.25) is 18.7 Å². The molecule has 0 fully saturated rings. The first-order chi connectivity index (χ1) is 14.2. The third-order valence-electron chi connectivity index (χ3n) is 4.27. The van der Waals surface area contributed by atoms with E-state index in [4.69, 9.17) is 5.73 Å². The summed E-state index contributed by atoms with van der Waals surface area (Å²) in [7, 11) is 1.26. The van der Waals surface area contributed by atoms with Gasteiger partial charge in [0.1, 0.15) is 0 Å². The van der Waals surface area contributed by atoms with Gasteiger partial charge in [-0.15, -0.1) is 10.2 Å². The largest absolute Gasteiger partial charge is 0.349 e. The third-order valence-corrected chi connectivity index (χ3v) is 4.27. The summed E-state index contributed by atoms with van der Waals surface area (Å²) in [6.07, 6.45) is 0.108. The molecule has 3 rings (SSSR count). The maximum absolute atomic E-state index is 13.5. The fraction of sp³-hybridized carbons (Fsp3) is 0.333. The lowest BCUT2D eigenvalue weighted by Gasteiger charge is -2.11. The molecule has 3 aromatic rings. The topological polar surface area (TPSA) is 138 Å². The van der Waals surface area contributed by atoms with Gasteiger partial charge in [0.2, 0.25) is 5.91 Å². The minimum Gasteiger partial charge on any atom is -0.349 e. The molecule has 1 amide bonds. The highest BCUT2D eigenvalue weighted by Crippen LogP contribution is 2.11. The number of hydrogen-bond donors (Lipinski definition) is 2. The van der Waals surface area contributed by atoms with Crippen molar-refractivity contribution >= 4 is 17.1 Å². The number of nitrogens with two attached hydrogens (primary N) is 1. The van der Waals surface area contributed by atoms with E-state index in [9.17, 15) is 23.2 Å². The number of carbonyl (C=O) groups is 1. The van der Waals surface area contributed by atoms with E-state index in [2.05, 4.69) is 20.5 Å². The molecule has 1 unspecified atom stereocenters. The van der Waals surface area contributed by atoms with Gasteiger partial charge in [-0.1, -0.05) is 6.07 Å². The van der Waals surface area contributed by atoms with E-state index in [0.29, 0.717) is 0 Å². The van der Waals surface area contributed by atoms with Gasteiger partial charge in [0.05, 0.1) is 13.1 Å². The smallest absolute Gasteiger partial charge is 0.332 e. The second-order valence-electron chi connectivity index (χ2n) is 6.84. The maximum Gasteiger partial charge on any atom is 0.332 e. The molecule has 2 aromatic heterocycles. The fourth-order valence-electron chi connectivity index (χ4n) is 2.78. The van der Waals surface area contributed by atoms with Gasteiger partial charge in [-0.25, -0.2) is 18.6 Å². The van der Waals surface area contributed by atoms with E-state index >= 15 is 0 Å². The minimum atomic E-state index is -1.07. The van der Waals surface area contributed by atoms with Gasteiger partial charge in [-0.2, -0.15) is 0 Å². The summed E-state index contributed by atoms with van der Waals surface area (Å²) < 4.78 is 28.6. The van der Waals surface area contributed by atoms with E-state index < -0.39 is 22.9 Å². The lowest BCUT2D eigenvalue weighted by Crippen LogP contribution is -2.39. The number of amides is 1. The third kappa shape index (κ3) is 4.38. The minimum absolute atomic E-state index is 0.0654. The zero-order chi connectivity index (χ0) is 22.0. The summed E-state index contributed by atoms with van der Waals surface area (Å²) >= 11 is 0.